The first-order valence-electron chi connectivity index (χ1n) is 8.63. The van der Waals surface area contributed by atoms with E-state index in [-0.39, 0.29) is 29.9 Å². The van der Waals surface area contributed by atoms with Gasteiger partial charge in [-0.25, -0.2) is 0 Å². The van der Waals surface area contributed by atoms with Crippen LogP contribution in [0.5, 0.6) is 0 Å². The number of rotatable bonds is 5. The van der Waals surface area contributed by atoms with Gasteiger partial charge in [0.2, 0.25) is 5.91 Å². The SMILES string of the molecule is CCC(O)C1CC(NC(=O)C(C)C)CN(C2CC(C)C2)C1. The van der Waals surface area contributed by atoms with Crippen LogP contribution in [0, 0.1) is 17.8 Å². The number of carbonyl (C=O) groups is 1. The summed E-state index contributed by atoms with van der Waals surface area (Å²) in [4.78, 5) is 14.5. The van der Waals surface area contributed by atoms with Crippen LogP contribution in [-0.2, 0) is 4.79 Å². The molecule has 0 aromatic carbocycles. The van der Waals surface area contributed by atoms with Crippen molar-refractivity contribution in [1.82, 2.24) is 10.2 Å². The standard InChI is InChI=1S/C17H32N2O2/c1-5-16(20)13-8-14(18-17(21)11(2)3)10-19(9-13)15-6-12(4)7-15/h11-16,20H,5-10H2,1-4H3,(H,18,21). The fourth-order valence-electron chi connectivity index (χ4n) is 3.71. The summed E-state index contributed by atoms with van der Waals surface area (Å²) in [6.07, 6.45) is 3.99. The molecule has 0 radical (unpaired) electrons. The number of aliphatic hydroxyl groups is 1. The number of likely N-dealkylation sites (tertiary alicyclic amines) is 1. The van der Waals surface area contributed by atoms with Crippen molar-refractivity contribution in [2.24, 2.45) is 17.8 Å². The lowest BCUT2D eigenvalue weighted by Crippen LogP contribution is -2.58. The third-order valence-electron chi connectivity index (χ3n) is 5.21. The molecule has 0 aromatic rings. The Morgan fingerprint density at radius 1 is 1.29 bits per heavy atom. The predicted molar refractivity (Wildman–Crippen MR) is 84.9 cm³/mol. The Hall–Kier alpha value is -0.610. The number of nitrogens with zero attached hydrogens (tertiary/aromatic N) is 1. The Bertz CT molecular complexity index is 353. The Balaban J connectivity index is 1.97. The van der Waals surface area contributed by atoms with Crippen LogP contribution in [0.1, 0.15) is 53.4 Å². The minimum Gasteiger partial charge on any atom is -0.393 e. The largest absolute Gasteiger partial charge is 0.393 e. The molecule has 1 saturated carbocycles. The van der Waals surface area contributed by atoms with Gasteiger partial charge in [0.1, 0.15) is 0 Å². The molecule has 2 rings (SSSR count). The molecule has 0 bridgehead atoms. The highest BCUT2D eigenvalue weighted by atomic mass is 16.3. The van der Waals surface area contributed by atoms with Crippen molar-refractivity contribution in [2.45, 2.75) is 71.6 Å². The molecule has 2 aliphatic rings. The van der Waals surface area contributed by atoms with Crippen LogP contribution in [0.4, 0.5) is 0 Å². The van der Waals surface area contributed by atoms with E-state index in [9.17, 15) is 9.90 Å². The second-order valence-corrected chi connectivity index (χ2v) is 7.52. The van der Waals surface area contributed by atoms with Crippen molar-refractivity contribution < 1.29 is 9.90 Å². The Morgan fingerprint density at radius 3 is 2.48 bits per heavy atom. The van der Waals surface area contributed by atoms with E-state index in [1.807, 2.05) is 20.8 Å². The van der Waals surface area contributed by atoms with Crippen molar-refractivity contribution in [3.8, 4) is 0 Å². The van der Waals surface area contributed by atoms with Crippen molar-refractivity contribution >= 4 is 5.91 Å². The van der Waals surface area contributed by atoms with Crippen LogP contribution in [-0.4, -0.2) is 47.2 Å². The van der Waals surface area contributed by atoms with Crippen LogP contribution < -0.4 is 5.32 Å². The highest BCUT2D eigenvalue weighted by molar-refractivity contribution is 5.78. The first kappa shape index (κ1) is 16.8. The van der Waals surface area contributed by atoms with E-state index in [0.717, 1.165) is 31.8 Å². The average molecular weight is 296 g/mol. The number of aliphatic hydroxyl groups excluding tert-OH is 1. The number of hydrogen-bond donors (Lipinski definition) is 2. The summed E-state index contributed by atoms with van der Waals surface area (Å²) in [5.74, 6) is 1.28. The lowest BCUT2D eigenvalue weighted by Gasteiger charge is -2.48. The molecule has 3 unspecified atom stereocenters. The van der Waals surface area contributed by atoms with Crippen LogP contribution in [0.15, 0.2) is 0 Å². The zero-order valence-electron chi connectivity index (χ0n) is 14.0. The first-order chi connectivity index (χ1) is 9.90. The fraction of sp³-hybridized carbons (Fsp3) is 0.941. The highest BCUT2D eigenvalue weighted by Crippen LogP contribution is 2.34. The number of amides is 1. The van der Waals surface area contributed by atoms with E-state index >= 15 is 0 Å². The summed E-state index contributed by atoms with van der Waals surface area (Å²) in [5, 5.41) is 13.4. The van der Waals surface area contributed by atoms with Crippen molar-refractivity contribution in [1.29, 1.82) is 0 Å². The Labute approximate surface area is 129 Å². The van der Waals surface area contributed by atoms with Crippen molar-refractivity contribution in [3.05, 3.63) is 0 Å². The number of piperidine rings is 1. The summed E-state index contributed by atoms with van der Waals surface area (Å²) in [7, 11) is 0. The molecule has 21 heavy (non-hydrogen) atoms. The summed E-state index contributed by atoms with van der Waals surface area (Å²) < 4.78 is 0. The molecule has 3 atom stereocenters. The Morgan fingerprint density at radius 2 is 1.95 bits per heavy atom. The van der Waals surface area contributed by atoms with Gasteiger partial charge in [-0.1, -0.05) is 27.7 Å². The molecule has 1 amide bonds. The maximum atomic E-state index is 12.0. The van der Waals surface area contributed by atoms with Crippen LogP contribution in [0.2, 0.25) is 0 Å². The molecule has 1 heterocycles. The van der Waals surface area contributed by atoms with Crippen molar-refractivity contribution in [3.63, 3.8) is 0 Å². The number of nitrogens with one attached hydrogen (secondary N) is 1. The van der Waals surface area contributed by atoms with Gasteiger partial charge in [-0.15, -0.1) is 0 Å². The lowest BCUT2D eigenvalue weighted by atomic mass is 9.78. The maximum absolute atomic E-state index is 12.0. The van der Waals surface area contributed by atoms with E-state index in [1.165, 1.54) is 12.8 Å². The molecule has 0 spiro atoms. The smallest absolute Gasteiger partial charge is 0.222 e. The highest BCUT2D eigenvalue weighted by Gasteiger charge is 2.38. The molecule has 1 aliphatic carbocycles. The topological polar surface area (TPSA) is 52.6 Å². The molecule has 4 heteroatoms. The van der Waals surface area contributed by atoms with Gasteiger partial charge in [0.05, 0.1) is 6.10 Å². The van der Waals surface area contributed by atoms with Crippen molar-refractivity contribution in [2.75, 3.05) is 13.1 Å². The normalized spacial score (nSPS) is 35.3. The van der Waals surface area contributed by atoms with Gasteiger partial charge in [-0.3, -0.25) is 9.69 Å². The molecule has 4 nitrogen and oxygen atoms in total. The molecule has 1 aliphatic heterocycles. The molecule has 2 fully saturated rings. The van der Waals surface area contributed by atoms with Crippen LogP contribution in [0.3, 0.4) is 0 Å². The third-order valence-corrected chi connectivity index (χ3v) is 5.21. The van der Waals surface area contributed by atoms with Gasteiger partial charge in [-0.2, -0.15) is 0 Å². The molecule has 2 N–H and O–H groups in total. The summed E-state index contributed by atoms with van der Waals surface area (Å²) in [6.45, 7) is 10.1. The minimum atomic E-state index is -0.247. The van der Waals surface area contributed by atoms with Crippen LogP contribution >= 0.6 is 0 Å². The molecule has 0 aromatic heterocycles. The summed E-state index contributed by atoms with van der Waals surface area (Å²) in [5.41, 5.74) is 0. The first-order valence-corrected chi connectivity index (χ1v) is 8.63. The molecular weight excluding hydrogens is 264 g/mol. The van der Waals surface area contributed by atoms with Gasteiger partial charge in [-0.05, 0) is 37.5 Å². The van der Waals surface area contributed by atoms with E-state index < -0.39 is 0 Å². The monoisotopic (exact) mass is 296 g/mol. The van der Waals surface area contributed by atoms with E-state index in [1.54, 1.807) is 0 Å². The van der Waals surface area contributed by atoms with Crippen LogP contribution in [0.25, 0.3) is 0 Å². The fourth-order valence-corrected chi connectivity index (χ4v) is 3.71. The van der Waals surface area contributed by atoms with Gasteiger partial charge in [0.25, 0.3) is 0 Å². The second kappa shape index (κ2) is 7.10. The van der Waals surface area contributed by atoms with Gasteiger partial charge < -0.3 is 10.4 Å². The Kier molecular flexibility index (Phi) is 5.67. The number of carbonyl (C=O) groups excluding carboxylic acids is 1. The number of hydrogen-bond acceptors (Lipinski definition) is 3. The average Bonchev–Trinajstić information content (AvgIpc) is 2.42. The minimum absolute atomic E-state index is 0.0265. The third kappa shape index (κ3) is 4.19. The summed E-state index contributed by atoms with van der Waals surface area (Å²) in [6, 6.07) is 0.848. The van der Waals surface area contributed by atoms with Gasteiger partial charge >= 0.3 is 0 Å². The van der Waals surface area contributed by atoms with E-state index in [4.69, 9.17) is 0 Å². The van der Waals surface area contributed by atoms with E-state index in [0.29, 0.717) is 6.04 Å². The maximum Gasteiger partial charge on any atom is 0.222 e. The van der Waals surface area contributed by atoms with Gasteiger partial charge in [0, 0.05) is 31.1 Å². The predicted octanol–water partition coefficient (Wildman–Crippen LogP) is 2.02. The van der Waals surface area contributed by atoms with Gasteiger partial charge in [0.15, 0.2) is 0 Å². The quantitative estimate of drug-likeness (QED) is 0.816. The summed E-state index contributed by atoms with van der Waals surface area (Å²) >= 11 is 0. The second-order valence-electron chi connectivity index (χ2n) is 7.52. The lowest BCUT2D eigenvalue weighted by molar-refractivity contribution is -0.125. The zero-order valence-corrected chi connectivity index (χ0v) is 14.0. The molecule has 122 valence electrons. The molecular formula is C17H32N2O2. The van der Waals surface area contributed by atoms with E-state index in [2.05, 4.69) is 17.1 Å². The zero-order chi connectivity index (χ0) is 15.6. The molecule has 1 saturated heterocycles.